The Labute approximate surface area is 117 Å². The topological polar surface area (TPSA) is 49.3 Å². The van der Waals surface area contributed by atoms with Crippen LogP contribution in [0.5, 0.6) is 0 Å². The summed E-state index contributed by atoms with van der Waals surface area (Å²) in [6, 6.07) is -0.0671. The Kier molecular flexibility index (Phi) is 7.80. The normalized spacial score (nSPS) is 19.8. The lowest BCUT2D eigenvalue weighted by Crippen LogP contribution is -2.47. The van der Waals surface area contributed by atoms with E-state index in [-0.39, 0.29) is 12.1 Å². The average molecular weight is 267 g/mol. The van der Waals surface area contributed by atoms with Gasteiger partial charge in [-0.1, -0.05) is 31.8 Å². The third kappa shape index (κ3) is 6.24. The van der Waals surface area contributed by atoms with Crippen molar-refractivity contribution in [3.63, 3.8) is 0 Å². The molecule has 110 valence electrons. The van der Waals surface area contributed by atoms with E-state index in [1.807, 2.05) is 6.08 Å². The van der Waals surface area contributed by atoms with E-state index >= 15 is 0 Å². The number of unbranched alkanes of at least 4 members (excludes halogenated alkanes) is 2. The van der Waals surface area contributed by atoms with E-state index in [1.165, 1.54) is 19.3 Å². The Balaban J connectivity index is 2.35. The molecule has 2 N–H and O–H groups in total. The lowest BCUT2D eigenvalue weighted by atomic mass is 9.83. The Morgan fingerprint density at radius 2 is 2.05 bits per heavy atom. The third-order valence-corrected chi connectivity index (χ3v) is 4.15. The molecule has 0 aromatic rings. The van der Waals surface area contributed by atoms with Crippen molar-refractivity contribution in [2.75, 3.05) is 0 Å². The lowest BCUT2D eigenvalue weighted by Gasteiger charge is -2.30. The molecular weight excluding hydrogens is 238 g/mol. The fourth-order valence-electron chi connectivity index (χ4n) is 3.01. The zero-order valence-corrected chi connectivity index (χ0v) is 12.2. The van der Waals surface area contributed by atoms with E-state index in [4.69, 9.17) is 0 Å². The van der Waals surface area contributed by atoms with E-state index in [0.29, 0.717) is 5.92 Å². The number of hydrogen-bond acceptors (Lipinski definition) is 2. The minimum Gasteiger partial charge on any atom is -0.480 e. The fraction of sp³-hybridized carbons (Fsp3) is 0.812. The van der Waals surface area contributed by atoms with Crippen molar-refractivity contribution in [2.45, 2.75) is 76.8 Å². The molecule has 0 aromatic carbocycles. The molecule has 3 heteroatoms. The highest BCUT2D eigenvalue weighted by atomic mass is 16.4. The first-order chi connectivity index (χ1) is 9.15. The quantitative estimate of drug-likeness (QED) is 0.494. The minimum atomic E-state index is -0.676. The molecule has 19 heavy (non-hydrogen) atoms. The van der Waals surface area contributed by atoms with Gasteiger partial charge < -0.3 is 10.4 Å². The van der Waals surface area contributed by atoms with Crippen LogP contribution in [-0.4, -0.2) is 23.2 Å². The van der Waals surface area contributed by atoms with Crippen molar-refractivity contribution in [2.24, 2.45) is 5.92 Å². The molecule has 1 aliphatic carbocycles. The van der Waals surface area contributed by atoms with E-state index < -0.39 is 5.97 Å². The summed E-state index contributed by atoms with van der Waals surface area (Å²) in [6.07, 6.45) is 12.1. The standard InChI is InChI=1S/C16H29NO2/c1-3-4-5-7-10-13(2)17-15(16(18)19)14-11-8-6-9-12-14/h3,13-15,17H,1,4-12H2,2H3,(H,18,19)/t13-,15?/m0/s1. The highest BCUT2D eigenvalue weighted by Crippen LogP contribution is 2.27. The van der Waals surface area contributed by atoms with Crippen LogP contribution < -0.4 is 5.32 Å². The van der Waals surface area contributed by atoms with Crippen LogP contribution in [0.25, 0.3) is 0 Å². The van der Waals surface area contributed by atoms with E-state index in [1.54, 1.807) is 0 Å². The van der Waals surface area contributed by atoms with Crippen LogP contribution in [0.2, 0.25) is 0 Å². The SMILES string of the molecule is C=CCCCC[C@H](C)NC(C(=O)O)C1CCCCC1. The Bertz CT molecular complexity index is 272. The summed E-state index contributed by atoms with van der Waals surface area (Å²) in [7, 11) is 0. The molecule has 2 atom stereocenters. The van der Waals surface area contributed by atoms with Gasteiger partial charge in [0.05, 0.1) is 0 Å². The second-order valence-electron chi connectivity index (χ2n) is 5.85. The zero-order valence-electron chi connectivity index (χ0n) is 12.2. The Morgan fingerprint density at radius 1 is 1.37 bits per heavy atom. The van der Waals surface area contributed by atoms with E-state index in [2.05, 4.69) is 18.8 Å². The molecule has 0 radical (unpaired) electrons. The van der Waals surface area contributed by atoms with Crippen molar-refractivity contribution >= 4 is 5.97 Å². The summed E-state index contributed by atoms with van der Waals surface area (Å²) in [5.74, 6) is -0.355. The second kappa shape index (κ2) is 9.13. The second-order valence-corrected chi connectivity index (χ2v) is 5.85. The predicted octanol–water partition coefficient (Wildman–Crippen LogP) is 3.74. The zero-order chi connectivity index (χ0) is 14.1. The van der Waals surface area contributed by atoms with Crippen molar-refractivity contribution in [1.29, 1.82) is 0 Å². The Morgan fingerprint density at radius 3 is 2.63 bits per heavy atom. The number of carboxylic acid groups (broad SMARTS) is 1. The molecule has 0 saturated heterocycles. The number of allylic oxidation sites excluding steroid dienone is 1. The van der Waals surface area contributed by atoms with Gasteiger partial charge in [0.2, 0.25) is 0 Å². The Hall–Kier alpha value is -0.830. The summed E-state index contributed by atoms with van der Waals surface area (Å²) >= 11 is 0. The average Bonchev–Trinajstić information content (AvgIpc) is 2.41. The summed E-state index contributed by atoms with van der Waals surface area (Å²) in [6.45, 7) is 5.82. The van der Waals surface area contributed by atoms with Gasteiger partial charge in [0, 0.05) is 6.04 Å². The minimum absolute atomic E-state index is 0.285. The molecule has 1 fully saturated rings. The van der Waals surface area contributed by atoms with Gasteiger partial charge in [-0.3, -0.25) is 4.79 Å². The van der Waals surface area contributed by atoms with Crippen LogP contribution in [0.15, 0.2) is 12.7 Å². The molecule has 0 aromatic heterocycles. The first-order valence-corrected chi connectivity index (χ1v) is 7.75. The maximum atomic E-state index is 11.4. The largest absolute Gasteiger partial charge is 0.480 e. The molecule has 0 aliphatic heterocycles. The molecule has 0 heterocycles. The molecule has 1 unspecified atom stereocenters. The van der Waals surface area contributed by atoms with Gasteiger partial charge in [-0.15, -0.1) is 6.58 Å². The van der Waals surface area contributed by atoms with Gasteiger partial charge in [0.1, 0.15) is 6.04 Å². The molecule has 0 bridgehead atoms. The number of aliphatic carboxylic acids is 1. The van der Waals surface area contributed by atoms with Gasteiger partial charge in [-0.05, 0) is 44.9 Å². The smallest absolute Gasteiger partial charge is 0.320 e. The van der Waals surface area contributed by atoms with Gasteiger partial charge in [0.15, 0.2) is 0 Å². The van der Waals surface area contributed by atoms with Crippen molar-refractivity contribution in [1.82, 2.24) is 5.32 Å². The number of carbonyl (C=O) groups is 1. The number of nitrogens with one attached hydrogen (secondary N) is 1. The summed E-state index contributed by atoms with van der Waals surface area (Å²) in [4.78, 5) is 11.4. The fourth-order valence-corrected chi connectivity index (χ4v) is 3.01. The van der Waals surface area contributed by atoms with Crippen molar-refractivity contribution < 1.29 is 9.90 Å². The number of carboxylic acids is 1. The van der Waals surface area contributed by atoms with Gasteiger partial charge in [-0.2, -0.15) is 0 Å². The summed E-state index contributed by atoms with van der Waals surface area (Å²) < 4.78 is 0. The van der Waals surface area contributed by atoms with Crippen LogP contribution in [0, 0.1) is 5.92 Å². The molecule has 0 spiro atoms. The number of rotatable bonds is 9. The van der Waals surface area contributed by atoms with Gasteiger partial charge in [-0.25, -0.2) is 0 Å². The maximum absolute atomic E-state index is 11.4. The van der Waals surface area contributed by atoms with Crippen LogP contribution >= 0.6 is 0 Å². The lowest BCUT2D eigenvalue weighted by molar-refractivity contribution is -0.141. The van der Waals surface area contributed by atoms with Gasteiger partial charge in [0.25, 0.3) is 0 Å². The first kappa shape index (κ1) is 16.2. The van der Waals surface area contributed by atoms with Crippen LogP contribution in [0.1, 0.15) is 64.7 Å². The van der Waals surface area contributed by atoms with Crippen LogP contribution in [0.4, 0.5) is 0 Å². The predicted molar refractivity (Wildman–Crippen MR) is 79.3 cm³/mol. The van der Waals surface area contributed by atoms with Crippen LogP contribution in [0.3, 0.4) is 0 Å². The van der Waals surface area contributed by atoms with E-state index in [9.17, 15) is 9.90 Å². The van der Waals surface area contributed by atoms with E-state index in [0.717, 1.165) is 38.5 Å². The molecular formula is C16H29NO2. The van der Waals surface area contributed by atoms with Crippen molar-refractivity contribution in [3.05, 3.63) is 12.7 Å². The molecule has 1 saturated carbocycles. The van der Waals surface area contributed by atoms with Crippen molar-refractivity contribution in [3.8, 4) is 0 Å². The first-order valence-electron chi connectivity index (χ1n) is 7.75. The monoisotopic (exact) mass is 267 g/mol. The summed E-state index contributed by atoms with van der Waals surface area (Å²) in [5, 5.41) is 12.7. The highest BCUT2D eigenvalue weighted by Gasteiger charge is 2.29. The van der Waals surface area contributed by atoms with Crippen LogP contribution in [-0.2, 0) is 4.79 Å². The molecule has 1 rings (SSSR count). The highest BCUT2D eigenvalue weighted by molar-refractivity contribution is 5.73. The number of hydrogen-bond donors (Lipinski definition) is 2. The molecule has 3 nitrogen and oxygen atoms in total. The van der Waals surface area contributed by atoms with Gasteiger partial charge >= 0.3 is 5.97 Å². The maximum Gasteiger partial charge on any atom is 0.320 e. The summed E-state index contributed by atoms with van der Waals surface area (Å²) in [5.41, 5.74) is 0. The third-order valence-electron chi connectivity index (χ3n) is 4.15. The molecule has 1 aliphatic rings. The molecule has 0 amide bonds.